The zero-order chi connectivity index (χ0) is 14.5. The Morgan fingerprint density at radius 2 is 1.95 bits per heavy atom. The fraction of sp³-hybridized carbons (Fsp3) is 0.250. The topological polar surface area (TPSA) is 53.4 Å². The van der Waals surface area contributed by atoms with Crippen LogP contribution >= 0.6 is 0 Å². The first-order valence-corrected chi connectivity index (χ1v) is 6.52. The van der Waals surface area contributed by atoms with Crippen molar-refractivity contribution in [3.8, 4) is 5.75 Å². The summed E-state index contributed by atoms with van der Waals surface area (Å²) in [4.78, 5) is 17.9. The van der Waals surface area contributed by atoms with Crippen molar-refractivity contribution in [2.75, 3.05) is 13.6 Å². The van der Waals surface area contributed by atoms with Crippen molar-refractivity contribution in [2.45, 2.75) is 13.3 Å². The molecule has 1 N–H and O–H groups in total. The Bertz CT molecular complexity index is 597. The van der Waals surface area contributed by atoms with Gasteiger partial charge in [-0.15, -0.1) is 0 Å². The molecule has 2 rings (SSSR count). The molecule has 104 valence electrons. The second-order valence-electron chi connectivity index (χ2n) is 4.83. The lowest BCUT2D eigenvalue weighted by Gasteiger charge is -2.17. The molecule has 0 spiro atoms. The molecule has 0 aliphatic carbocycles. The number of amides is 1. The molecule has 4 nitrogen and oxygen atoms in total. The van der Waals surface area contributed by atoms with E-state index < -0.39 is 0 Å². The summed E-state index contributed by atoms with van der Waals surface area (Å²) >= 11 is 0. The number of nitrogens with zero attached hydrogens (tertiary/aromatic N) is 2. The lowest BCUT2D eigenvalue weighted by molar-refractivity contribution is 0.0796. The van der Waals surface area contributed by atoms with Gasteiger partial charge in [-0.3, -0.25) is 9.78 Å². The predicted octanol–water partition coefficient (Wildman–Crippen LogP) is 2.41. The van der Waals surface area contributed by atoms with Gasteiger partial charge in [-0.1, -0.05) is 6.07 Å². The number of carbonyl (C=O) groups excluding carboxylic acids is 1. The molecule has 0 aliphatic rings. The summed E-state index contributed by atoms with van der Waals surface area (Å²) in [6.07, 6.45) is 4.27. The number of aryl methyl sites for hydroxylation is 1. The zero-order valence-corrected chi connectivity index (χ0v) is 11.7. The third kappa shape index (κ3) is 3.35. The second kappa shape index (κ2) is 6.19. The maximum absolute atomic E-state index is 12.2. The number of hydrogen-bond donors (Lipinski definition) is 1. The van der Waals surface area contributed by atoms with Gasteiger partial charge < -0.3 is 10.0 Å². The van der Waals surface area contributed by atoms with E-state index in [0.717, 1.165) is 17.5 Å². The molecule has 0 saturated carbocycles. The average molecular weight is 270 g/mol. The predicted molar refractivity (Wildman–Crippen MR) is 77.7 cm³/mol. The summed E-state index contributed by atoms with van der Waals surface area (Å²) < 4.78 is 0. The van der Waals surface area contributed by atoms with Gasteiger partial charge in [0.15, 0.2) is 0 Å². The van der Waals surface area contributed by atoms with E-state index in [1.54, 1.807) is 43.4 Å². The minimum Gasteiger partial charge on any atom is -0.508 e. The number of hydrogen-bond acceptors (Lipinski definition) is 3. The highest BCUT2D eigenvalue weighted by Crippen LogP contribution is 2.18. The first kappa shape index (κ1) is 14.1. The summed E-state index contributed by atoms with van der Waals surface area (Å²) in [5, 5.41) is 9.66. The summed E-state index contributed by atoms with van der Waals surface area (Å²) in [7, 11) is 1.76. The maximum atomic E-state index is 12.2. The number of phenolic OH excluding ortho intramolecular Hbond substituents is 1. The minimum atomic E-state index is -0.0886. The van der Waals surface area contributed by atoms with Crippen LogP contribution < -0.4 is 0 Å². The molecule has 0 fully saturated rings. The molecule has 0 unspecified atom stereocenters. The van der Waals surface area contributed by atoms with Gasteiger partial charge in [0.2, 0.25) is 0 Å². The molecule has 1 aromatic carbocycles. The molecule has 0 bridgehead atoms. The molecule has 1 aromatic heterocycles. The molecular weight excluding hydrogens is 252 g/mol. The van der Waals surface area contributed by atoms with E-state index in [4.69, 9.17) is 0 Å². The molecule has 0 atom stereocenters. The van der Waals surface area contributed by atoms with Crippen LogP contribution in [-0.2, 0) is 6.42 Å². The van der Waals surface area contributed by atoms with Gasteiger partial charge in [-0.05, 0) is 48.7 Å². The Kier molecular flexibility index (Phi) is 4.35. The molecule has 0 aliphatic heterocycles. The lowest BCUT2D eigenvalue weighted by atomic mass is 10.1. The fourth-order valence-electron chi connectivity index (χ4n) is 1.91. The van der Waals surface area contributed by atoms with Crippen molar-refractivity contribution in [1.82, 2.24) is 9.88 Å². The molecule has 1 heterocycles. The van der Waals surface area contributed by atoms with Crippen LogP contribution in [0, 0.1) is 6.92 Å². The summed E-state index contributed by atoms with van der Waals surface area (Å²) in [5.41, 5.74) is 2.41. The van der Waals surface area contributed by atoms with E-state index in [1.807, 2.05) is 12.1 Å². The van der Waals surface area contributed by atoms with Crippen LogP contribution in [0.3, 0.4) is 0 Å². The van der Waals surface area contributed by atoms with Crippen molar-refractivity contribution >= 4 is 5.91 Å². The van der Waals surface area contributed by atoms with Crippen LogP contribution in [0.5, 0.6) is 5.75 Å². The quantitative estimate of drug-likeness (QED) is 0.928. The number of benzene rings is 1. The third-order valence-electron chi connectivity index (χ3n) is 3.29. The van der Waals surface area contributed by atoms with Crippen LogP contribution in [0.2, 0.25) is 0 Å². The van der Waals surface area contributed by atoms with E-state index in [9.17, 15) is 9.90 Å². The Balaban J connectivity index is 1.99. The molecule has 0 radical (unpaired) electrons. The highest BCUT2D eigenvalue weighted by atomic mass is 16.3. The maximum Gasteiger partial charge on any atom is 0.253 e. The average Bonchev–Trinajstić information content (AvgIpc) is 2.48. The van der Waals surface area contributed by atoms with Gasteiger partial charge in [0.05, 0.1) is 0 Å². The molecule has 20 heavy (non-hydrogen) atoms. The van der Waals surface area contributed by atoms with Gasteiger partial charge in [-0.2, -0.15) is 0 Å². The fourth-order valence-corrected chi connectivity index (χ4v) is 1.91. The standard InChI is InChI=1S/C16H18N2O2/c1-12-3-4-14(11-15(12)19)16(20)18(2)10-7-13-5-8-17-9-6-13/h3-6,8-9,11,19H,7,10H2,1-2H3. The molecule has 0 saturated heterocycles. The minimum absolute atomic E-state index is 0.0886. The van der Waals surface area contributed by atoms with Crippen LogP contribution in [-0.4, -0.2) is 34.5 Å². The highest BCUT2D eigenvalue weighted by Gasteiger charge is 2.12. The lowest BCUT2D eigenvalue weighted by Crippen LogP contribution is -2.28. The van der Waals surface area contributed by atoms with Crippen LogP contribution in [0.1, 0.15) is 21.5 Å². The van der Waals surface area contributed by atoms with E-state index >= 15 is 0 Å². The number of pyridine rings is 1. The van der Waals surface area contributed by atoms with Gasteiger partial charge >= 0.3 is 0 Å². The van der Waals surface area contributed by atoms with Gasteiger partial charge in [0.25, 0.3) is 5.91 Å². The smallest absolute Gasteiger partial charge is 0.253 e. The summed E-state index contributed by atoms with van der Waals surface area (Å²) in [5.74, 6) is 0.0627. The zero-order valence-electron chi connectivity index (χ0n) is 11.7. The SMILES string of the molecule is Cc1ccc(C(=O)N(C)CCc2ccncc2)cc1O. The number of likely N-dealkylation sites (N-methyl/N-ethyl adjacent to an activating group) is 1. The van der Waals surface area contributed by atoms with E-state index in [0.29, 0.717) is 12.1 Å². The number of phenols is 1. The monoisotopic (exact) mass is 270 g/mol. The Labute approximate surface area is 118 Å². The molecule has 2 aromatic rings. The largest absolute Gasteiger partial charge is 0.508 e. The number of carbonyl (C=O) groups is 1. The Morgan fingerprint density at radius 1 is 1.25 bits per heavy atom. The van der Waals surface area contributed by atoms with E-state index in [-0.39, 0.29) is 11.7 Å². The first-order chi connectivity index (χ1) is 9.58. The van der Waals surface area contributed by atoms with E-state index in [2.05, 4.69) is 4.98 Å². The van der Waals surface area contributed by atoms with Crippen molar-refractivity contribution < 1.29 is 9.90 Å². The van der Waals surface area contributed by atoms with Crippen LogP contribution in [0.15, 0.2) is 42.7 Å². The van der Waals surface area contributed by atoms with E-state index in [1.165, 1.54) is 6.07 Å². The van der Waals surface area contributed by atoms with Crippen molar-refractivity contribution in [3.63, 3.8) is 0 Å². The van der Waals surface area contributed by atoms with Gasteiger partial charge in [-0.25, -0.2) is 0 Å². The van der Waals surface area contributed by atoms with Crippen molar-refractivity contribution in [2.24, 2.45) is 0 Å². The number of aromatic nitrogens is 1. The van der Waals surface area contributed by atoms with Crippen LogP contribution in [0.4, 0.5) is 0 Å². The summed E-state index contributed by atoms with van der Waals surface area (Å²) in [6, 6.07) is 8.88. The summed E-state index contributed by atoms with van der Waals surface area (Å²) in [6.45, 7) is 2.42. The molecular formula is C16H18N2O2. The molecule has 4 heteroatoms. The van der Waals surface area contributed by atoms with Crippen molar-refractivity contribution in [3.05, 3.63) is 59.4 Å². The first-order valence-electron chi connectivity index (χ1n) is 6.52. The number of rotatable bonds is 4. The van der Waals surface area contributed by atoms with Crippen molar-refractivity contribution in [1.29, 1.82) is 0 Å². The van der Waals surface area contributed by atoms with Crippen LogP contribution in [0.25, 0.3) is 0 Å². The number of aromatic hydroxyl groups is 1. The third-order valence-corrected chi connectivity index (χ3v) is 3.29. The Morgan fingerprint density at radius 3 is 2.60 bits per heavy atom. The highest BCUT2D eigenvalue weighted by molar-refractivity contribution is 5.94. The normalized spacial score (nSPS) is 10.3. The van der Waals surface area contributed by atoms with Gasteiger partial charge in [0.1, 0.15) is 5.75 Å². The second-order valence-corrected chi connectivity index (χ2v) is 4.83. The van der Waals surface area contributed by atoms with Gasteiger partial charge in [0, 0.05) is 31.5 Å². The Hall–Kier alpha value is -2.36. The molecule has 1 amide bonds.